The number of rotatable bonds is 4. The zero-order chi connectivity index (χ0) is 10.6. The average Bonchev–Trinajstić information content (AvgIpc) is 2.60. The van der Waals surface area contributed by atoms with Gasteiger partial charge in [-0.3, -0.25) is 4.79 Å². The number of amides is 1. The molecule has 1 saturated heterocycles. The highest BCUT2D eigenvalue weighted by molar-refractivity contribution is 5.82. The molecule has 3 N–H and O–H groups in total. The highest BCUT2D eigenvalue weighted by atomic mass is 16.3. The summed E-state index contributed by atoms with van der Waals surface area (Å²) in [6.45, 7) is 3.29. The number of aliphatic hydroxyl groups is 2. The van der Waals surface area contributed by atoms with E-state index in [0.717, 1.165) is 0 Å². The lowest BCUT2D eigenvalue weighted by atomic mass is 10.2. The van der Waals surface area contributed by atoms with Crippen LogP contribution in [0.3, 0.4) is 0 Å². The van der Waals surface area contributed by atoms with Gasteiger partial charge in [-0.15, -0.1) is 0 Å². The van der Waals surface area contributed by atoms with Crippen LogP contribution in [0.15, 0.2) is 0 Å². The molecule has 1 aliphatic rings. The molecule has 5 heteroatoms. The molecule has 0 radical (unpaired) electrons. The maximum Gasteiger partial charge on any atom is 0.239 e. The zero-order valence-corrected chi connectivity index (χ0v) is 8.44. The van der Waals surface area contributed by atoms with E-state index in [9.17, 15) is 9.90 Å². The number of nitrogens with zero attached hydrogens (tertiary/aromatic N) is 1. The van der Waals surface area contributed by atoms with Gasteiger partial charge in [-0.05, 0) is 13.3 Å². The number of likely N-dealkylation sites (N-methyl/N-ethyl adjacent to an activating group) is 1. The highest BCUT2D eigenvalue weighted by Gasteiger charge is 2.30. The Morgan fingerprint density at radius 3 is 2.79 bits per heavy atom. The van der Waals surface area contributed by atoms with Gasteiger partial charge in [-0.25, -0.2) is 0 Å². The van der Waals surface area contributed by atoms with Crippen LogP contribution in [0.4, 0.5) is 0 Å². The summed E-state index contributed by atoms with van der Waals surface area (Å²) in [6, 6.07) is -0.281. The van der Waals surface area contributed by atoms with Crippen LogP contribution in [-0.4, -0.2) is 59.4 Å². The van der Waals surface area contributed by atoms with Crippen molar-refractivity contribution in [1.82, 2.24) is 10.2 Å². The van der Waals surface area contributed by atoms with E-state index in [2.05, 4.69) is 5.32 Å². The Kier molecular flexibility index (Phi) is 4.31. The van der Waals surface area contributed by atoms with Crippen LogP contribution in [0.25, 0.3) is 0 Å². The van der Waals surface area contributed by atoms with Crippen LogP contribution in [-0.2, 0) is 4.79 Å². The van der Waals surface area contributed by atoms with E-state index >= 15 is 0 Å². The number of carbonyl (C=O) groups is 1. The van der Waals surface area contributed by atoms with E-state index in [1.54, 1.807) is 4.90 Å². The van der Waals surface area contributed by atoms with Gasteiger partial charge in [-0.1, -0.05) is 0 Å². The lowest BCUT2D eigenvalue weighted by Gasteiger charge is -2.23. The zero-order valence-electron chi connectivity index (χ0n) is 8.44. The van der Waals surface area contributed by atoms with Crippen LogP contribution < -0.4 is 5.32 Å². The predicted octanol–water partition coefficient (Wildman–Crippen LogP) is -1.45. The smallest absolute Gasteiger partial charge is 0.239 e. The molecule has 0 aromatic carbocycles. The molecule has 0 saturated carbocycles. The topological polar surface area (TPSA) is 72.8 Å². The minimum absolute atomic E-state index is 0.0190. The van der Waals surface area contributed by atoms with E-state index in [1.807, 2.05) is 6.92 Å². The maximum atomic E-state index is 11.8. The van der Waals surface area contributed by atoms with Gasteiger partial charge in [0.05, 0.1) is 18.8 Å². The minimum Gasteiger partial charge on any atom is -0.395 e. The second kappa shape index (κ2) is 5.29. The van der Waals surface area contributed by atoms with Crippen molar-refractivity contribution in [2.45, 2.75) is 25.5 Å². The number of carbonyl (C=O) groups excluding carboxylic acids is 1. The highest BCUT2D eigenvalue weighted by Crippen LogP contribution is 2.09. The van der Waals surface area contributed by atoms with Crippen molar-refractivity contribution in [2.24, 2.45) is 0 Å². The predicted molar refractivity (Wildman–Crippen MR) is 51.8 cm³/mol. The van der Waals surface area contributed by atoms with E-state index in [4.69, 9.17) is 5.11 Å². The Bertz CT molecular complexity index is 192. The first kappa shape index (κ1) is 11.4. The quantitative estimate of drug-likeness (QED) is 0.521. The van der Waals surface area contributed by atoms with E-state index in [1.165, 1.54) is 0 Å². The third-order valence-corrected chi connectivity index (χ3v) is 2.47. The van der Waals surface area contributed by atoms with Gasteiger partial charge >= 0.3 is 0 Å². The first-order valence-corrected chi connectivity index (χ1v) is 5.00. The first-order valence-electron chi connectivity index (χ1n) is 5.00. The maximum absolute atomic E-state index is 11.8. The molecule has 1 fully saturated rings. The number of β-amino-alcohol motifs (C(OH)–C–C–N with tert-alkyl or cyclic N) is 1. The normalized spacial score (nSPS) is 26.5. The van der Waals surface area contributed by atoms with Crippen molar-refractivity contribution in [3.63, 3.8) is 0 Å². The molecule has 1 heterocycles. The summed E-state index contributed by atoms with van der Waals surface area (Å²) >= 11 is 0. The standard InChI is InChI=1S/C9H18N2O3/c1-2-11(3-4-12)9(14)8-5-7(13)6-10-8/h7-8,10,12-13H,2-6H2,1H3. The summed E-state index contributed by atoms with van der Waals surface area (Å²) in [7, 11) is 0. The molecule has 14 heavy (non-hydrogen) atoms. The Morgan fingerprint density at radius 1 is 1.64 bits per heavy atom. The largest absolute Gasteiger partial charge is 0.395 e. The lowest BCUT2D eigenvalue weighted by Crippen LogP contribution is -2.44. The molecule has 1 amide bonds. The van der Waals surface area contributed by atoms with Crippen molar-refractivity contribution < 1.29 is 15.0 Å². The molecule has 2 atom stereocenters. The van der Waals surface area contributed by atoms with Gasteiger partial charge in [0.2, 0.25) is 5.91 Å². The molecule has 0 bridgehead atoms. The Labute approximate surface area is 83.7 Å². The molecule has 0 aromatic heterocycles. The summed E-state index contributed by atoms with van der Waals surface area (Å²) in [5.74, 6) is -0.0295. The van der Waals surface area contributed by atoms with Gasteiger partial charge in [0, 0.05) is 19.6 Å². The van der Waals surface area contributed by atoms with Crippen molar-refractivity contribution >= 4 is 5.91 Å². The summed E-state index contributed by atoms with van der Waals surface area (Å²) in [5.41, 5.74) is 0. The van der Waals surface area contributed by atoms with Crippen LogP contribution in [0.1, 0.15) is 13.3 Å². The third kappa shape index (κ3) is 2.67. The Hall–Kier alpha value is -0.650. The minimum atomic E-state index is -0.420. The van der Waals surface area contributed by atoms with Crippen LogP contribution >= 0.6 is 0 Å². The average molecular weight is 202 g/mol. The lowest BCUT2D eigenvalue weighted by molar-refractivity contribution is -0.133. The van der Waals surface area contributed by atoms with Crippen LogP contribution in [0.2, 0.25) is 0 Å². The summed E-state index contributed by atoms with van der Waals surface area (Å²) in [4.78, 5) is 13.3. The van der Waals surface area contributed by atoms with Gasteiger partial charge in [0.25, 0.3) is 0 Å². The van der Waals surface area contributed by atoms with Gasteiger partial charge in [-0.2, -0.15) is 0 Å². The SMILES string of the molecule is CCN(CCO)C(=O)C1CC(O)CN1. The van der Waals surface area contributed by atoms with Crippen molar-refractivity contribution in [2.75, 3.05) is 26.2 Å². The number of nitrogens with one attached hydrogen (secondary N) is 1. The van der Waals surface area contributed by atoms with E-state index in [-0.39, 0.29) is 18.6 Å². The molecule has 0 aromatic rings. The molecular weight excluding hydrogens is 184 g/mol. The Morgan fingerprint density at radius 2 is 2.36 bits per heavy atom. The fourth-order valence-electron chi connectivity index (χ4n) is 1.67. The fourth-order valence-corrected chi connectivity index (χ4v) is 1.67. The number of hydrogen-bond acceptors (Lipinski definition) is 4. The monoisotopic (exact) mass is 202 g/mol. The first-order chi connectivity index (χ1) is 6.69. The second-order valence-corrected chi connectivity index (χ2v) is 3.49. The Balaban J connectivity index is 2.45. The summed E-state index contributed by atoms with van der Waals surface area (Å²) < 4.78 is 0. The third-order valence-electron chi connectivity index (χ3n) is 2.47. The number of hydrogen-bond donors (Lipinski definition) is 3. The molecule has 1 rings (SSSR count). The van der Waals surface area contributed by atoms with Crippen molar-refractivity contribution in [3.8, 4) is 0 Å². The van der Waals surface area contributed by atoms with E-state index < -0.39 is 6.10 Å². The van der Waals surface area contributed by atoms with Gasteiger partial charge in [0.15, 0.2) is 0 Å². The number of aliphatic hydroxyl groups excluding tert-OH is 2. The molecule has 2 unspecified atom stereocenters. The van der Waals surface area contributed by atoms with Gasteiger partial charge in [0.1, 0.15) is 0 Å². The summed E-state index contributed by atoms with van der Waals surface area (Å²) in [5, 5.41) is 21.0. The van der Waals surface area contributed by atoms with Gasteiger partial charge < -0.3 is 20.4 Å². The molecule has 1 aliphatic heterocycles. The molecule has 82 valence electrons. The molecule has 0 spiro atoms. The molecule has 5 nitrogen and oxygen atoms in total. The van der Waals surface area contributed by atoms with E-state index in [0.29, 0.717) is 26.1 Å². The van der Waals surface area contributed by atoms with Crippen LogP contribution in [0.5, 0.6) is 0 Å². The summed E-state index contributed by atoms with van der Waals surface area (Å²) in [6.07, 6.45) is 0.0533. The molecule has 0 aliphatic carbocycles. The van der Waals surface area contributed by atoms with Crippen molar-refractivity contribution in [1.29, 1.82) is 0 Å². The molecular formula is C9H18N2O3. The van der Waals surface area contributed by atoms with Crippen molar-refractivity contribution in [3.05, 3.63) is 0 Å². The second-order valence-electron chi connectivity index (χ2n) is 3.49. The fraction of sp³-hybridized carbons (Fsp3) is 0.889. The van der Waals surface area contributed by atoms with Crippen LogP contribution in [0, 0.1) is 0 Å².